The highest BCUT2D eigenvalue weighted by molar-refractivity contribution is 6.24. The Hall–Kier alpha value is -3.17. The van der Waals surface area contributed by atoms with Crippen LogP contribution in [0.25, 0.3) is 0 Å². The molecule has 0 saturated carbocycles. The third kappa shape index (κ3) is 2.82. The highest BCUT2D eigenvalue weighted by atomic mass is 16.4. The molecule has 176 valence electrons. The van der Waals surface area contributed by atoms with Gasteiger partial charge in [-0.15, -0.1) is 0 Å². The third-order valence-corrected chi connectivity index (χ3v) is 7.31. The largest absolute Gasteiger partial charge is 0.511 e. The molecule has 1 aromatic carbocycles. The van der Waals surface area contributed by atoms with Crippen LogP contribution in [-0.2, 0) is 15.0 Å². The number of aromatic hydroxyl groups is 1. The lowest BCUT2D eigenvalue weighted by molar-refractivity contribution is -0.154. The number of phenols is 1. The number of rotatable bonds is 1. The first-order chi connectivity index (χ1) is 15.2. The molecule has 0 spiro atoms. The molecule has 0 unspecified atom stereocenters. The highest BCUT2D eigenvalue weighted by Gasteiger charge is 2.64. The summed E-state index contributed by atoms with van der Waals surface area (Å²) in [5.74, 6) is -8.51. The Balaban J connectivity index is 2.00. The van der Waals surface area contributed by atoms with E-state index in [0.717, 1.165) is 0 Å². The molecule has 4 rings (SSSR count). The SMILES string of the molecule is C[C@H]1c2ccc(C(C)(C)C)c(O)c2C(=O)C2=C(O)[C@]3(O)C(=O)C(C(N)=O)=C(O)C[C@@H]3[C@@H](O)[C@@H]21. The maximum absolute atomic E-state index is 13.6. The van der Waals surface area contributed by atoms with Crippen LogP contribution in [-0.4, -0.2) is 54.7 Å². The van der Waals surface area contributed by atoms with Crippen LogP contribution in [0.3, 0.4) is 0 Å². The number of hydrogen-bond acceptors (Lipinski definition) is 8. The van der Waals surface area contributed by atoms with Crippen LogP contribution in [0, 0.1) is 11.8 Å². The van der Waals surface area contributed by atoms with Crippen molar-refractivity contribution in [2.45, 2.75) is 57.2 Å². The Morgan fingerprint density at radius 1 is 1.15 bits per heavy atom. The number of carbonyl (C=O) groups is 3. The summed E-state index contributed by atoms with van der Waals surface area (Å²) in [5.41, 5.74) is 1.43. The second-order valence-electron chi connectivity index (χ2n) is 10.2. The number of amides is 1. The number of fused-ring (bicyclic) bond motifs is 3. The first-order valence-electron chi connectivity index (χ1n) is 10.7. The van der Waals surface area contributed by atoms with E-state index < -0.39 is 81.4 Å². The predicted octanol–water partition coefficient (Wildman–Crippen LogP) is 1.41. The van der Waals surface area contributed by atoms with Gasteiger partial charge in [-0.2, -0.15) is 0 Å². The van der Waals surface area contributed by atoms with Crippen molar-refractivity contribution in [3.05, 3.63) is 51.5 Å². The second kappa shape index (κ2) is 6.91. The van der Waals surface area contributed by atoms with Crippen LogP contribution >= 0.6 is 0 Å². The molecular weight excluding hydrogens is 430 g/mol. The van der Waals surface area contributed by atoms with Crippen molar-refractivity contribution in [1.82, 2.24) is 0 Å². The number of Topliss-reactive ketones (excluding diaryl/α,β-unsaturated/α-hetero) is 2. The van der Waals surface area contributed by atoms with E-state index >= 15 is 0 Å². The van der Waals surface area contributed by atoms with Gasteiger partial charge < -0.3 is 31.3 Å². The minimum atomic E-state index is -2.83. The highest BCUT2D eigenvalue weighted by Crippen LogP contribution is 2.55. The number of aliphatic hydroxyl groups excluding tert-OH is 3. The van der Waals surface area contributed by atoms with Gasteiger partial charge >= 0.3 is 0 Å². The summed E-state index contributed by atoms with van der Waals surface area (Å²) in [7, 11) is 0. The number of primary amides is 1. The monoisotopic (exact) mass is 457 g/mol. The summed E-state index contributed by atoms with van der Waals surface area (Å²) < 4.78 is 0. The first-order valence-corrected chi connectivity index (χ1v) is 10.7. The Labute approximate surface area is 189 Å². The van der Waals surface area contributed by atoms with Gasteiger partial charge in [0.25, 0.3) is 5.91 Å². The van der Waals surface area contributed by atoms with Crippen molar-refractivity contribution in [2.24, 2.45) is 17.6 Å². The van der Waals surface area contributed by atoms with Gasteiger partial charge in [0.05, 0.1) is 11.7 Å². The van der Waals surface area contributed by atoms with Gasteiger partial charge in [0.2, 0.25) is 5.78 Å². The molecule has 9 heteroatoms. The van der Waals surface area contributed by atoms with Crippen molar-refractivity contribution in [2.75, 3.05) is 0 Å². The quantitative estimate of drug-likeness (QED) is 0.343. The molecule has 9 nitrogen and oxygen atoms in total. The van der Waals surface area contributed by atoms with Crippen molar-refractivity contribution >= 4 is 17.5 Å². The second-order valence-corrected chi connectivity index (χ2v) is 10.2. The number of nitrogens with two attached hydrogens (primary N) is 1. The lowest BCUT2D eigenvalue weighted by atomic mass is 9.56. The molecule has 1 aromatic rings. The lowest BCUT2D eigenvalue weighted by Crippen LogP contribution is -2.62. The van der Waals surface area contributed by atoms with E-state index in [1.165, 1.54) is 0 Å². The van der Waals surface area contributed by atoms with Crippen molar-refractivity contribution in [3.8, 4) is 5.75 Å². The molecule has 7 N–H and O–H groups in total. The Morgan fingerprint density at radius 2 is 1.76 bits per heavy atom. The van der Waals surface area contributed by atoms with E-state index in [1.807, 2.05) is 20.8 Å². The molecule has 3 aliphatic carbocycles. The van der Waals surface area contributed by atoms with Gasteiger partial charge in [-0.3, -0.25) is 14.4 Å². The average Bonchev–Trinajstić information content (AvgIpc) is 2.69. The van der Waals surface area contributed by atoms with E-state index in [2.05, 4.69) is 0 Å². The molecule has 33 heavy (non-hydrogen) atoms. The zero-order valence-corrected chi connectivity index (χ0v) is 18.7. The van der Waals surface area contributed by atoms with Gasteiger partial charge in [-0.05, 0) is 16.9 Å². The van der Waals surface area contributed by atoms with Gasteiger partial charge in [0.1, 0.15) is 22.8 Å². The molecule has 0 bridgehead atoms. The minimum Gasteiger partial charge on any atom is -0.511 e. The summed E-state index contributed by atoms with van der Waals surface area (Å²) in [4.78, 5) is 38.3. The summed E-state index contributed by atoms with van der Waals surface area (Å²) >= 11 is 0. The molecule has 0 aromatic heterocycles. The number of carbonyl (C=O) groups excluding carboxylic acids is 3. The standard InChI is InChI=1S/C24H27NO8/c1-8-9-5-6-10(23(2,3)4)17(27)14(9)19(29)16-13(8)18(28)11-7-12(26)15(22(25)32)20(30)24(11,33)21(16)31/h5-6,8,11,13,18,26-28,31,33H,7H2,1-4H3,(H2,25,32)/t8-,11+,13+,18+,24+/m0/s1. The van der Waals surface area contributed by atoms with Crippen molar-refractivity contribution in [3.63, 3.8) is 0 Å². The van der Waals surface area contributed by atoms with E-state index in [4.69, 9.17) is 5.73 Å². The van der Waals surface area contributed by atoms with Gasteiger partial charge in [-0.1, -0.05) is 39.8 Å². The zero-order chi connectivity index (χ0) is 24.8. The first kappa shape index (κ1) is 23.0. The van der Waals surface area contributed by atoms with E-state index in [9.17, 15) is 39.9 Å². The van der Waals surface area contributed by atoms with Gasteiger partial charge in [-0.25, -0.2) is 0 Å². The third-order valence-electron chi connectivity index (χ3n) is 7.31. The molecule has 0 radical (unpaired) electrons. The topological polar surface area (TPSA) is 178 Å². The number of ketones is 2. The van der Waals surface area contributed by atoms with Gasteiger partial charge in [0.15, 0.2) is 11.4 Å². The Morgan fingerprint density at radius 3 is 2.30 bits per heavy atom. The summed E-state index contributed by atoms with van der Waals surface area (Å²) in [6, 6.07) is 3.39. The Bertz CT molecular complexity index is 1190. The van der Waals surface area contributed by atoms with E-state index in [0.29, 0.717) is 11.1 Å². The van der Waals surface area contributed by atoms with Crippen LogP contribution in [0.2, 0.25) is 0 Å². The average molecular weight is 457 g/mol. The maximum Gasteiger partial charge on any atom is 0.255 e. The zero-order valence-electron chi connectivity index (χ0n) is 18.7. The number of allylic oxidation sites excluding steroid dienone is 1. The van der Waals surface area contributed by atoms with E-state index in [1.54, 1.807) is 19.1 Å². The fourth-order valence-electron chi connectivity index (χ4n) is 5.60. The molecule has 5 atom stereocenters. The van der Waals surface area contributed by atoms with Crippen molar-refractivity contribution in [1.29, 1.82) is 0 Å². The fourth-order valence-corrected chi connectivity index (χ4v) is 5.60. The lowest BCUT2D eigenvalue weighted by Gasteiger charge is -2.50. The molecule has 3 aliphatic rings. The van der Waals surface area contributed by atoms with Crippen molar-refractivity contribution < 1.29 is 39.9 Å². The van der Waals surface area contributed by atoms with Crippen LogP contribution in [0.15, 0.2) is 34.8 Å². The molecule has 0 fully saturated rings. The number of hydrogen-bond donors (Lipinski definition) is 6. The fraction of sp³-hybridized carbons (Fsp3) is 0.458. The summed E-state index contributed by atoms with van der Waals surface area (Å²) in [6.45, 7) is 7.26. The molecule has 1 amide bonds. The van der Waals surface area contributed by atoms with Crippen LogP contribution in [0.4, 0.5) is 0 Å². The minimum absolute atomic E-state index is 0.0706. The van der Waals surface area contributed by atoms with Crippen LogP contribution < -0.4 is 5.73 Å². The number of phenolic OH excluding ortho intramolecular Hbond substituents is 1. The smallest absolute Gasteiger partial charge is 0.255 e. The van der Waals surface area contributed by atoms with Crippen LogP contribution in [0.5, 0.6) is 5.75 Å². The van der Waals surface area contributed by atoms with Crippen LogP contribution in [0.1, 0.15) is 61.5 Å². The number of benzene rings is 1. The maximum atomic E-state index is 13.6. The van der Waals surface area contributed by atoms with Gasteiger partial charge in [0, 0.05) is 29.4 Å². The molecule has 0 saturated heterocycles. The van der Waals surface area contributed by atoms with E-state index in [-0.39, 0.29) is 11.3 Å². The molecule has 0 heterocycles. The number of aliphatic hydroxyl groups is 4. The molecule has 0 aliphatic heterocycles. The normalized spacial score (nSPS) is 31.8. The Kier molecular flexibility index (Phi) is 4.82. The summed E-state index contributed by atoms with van der Waals surface area (Å²) in [5, 5.41) is 54.8. The summed E-state index contributed by atoms with van der Waals surface area (Å²) in [6.07, 6.45) is -2.03. The molecular formula is C24H27NO8. The predicted molar refractivity (Wildman–Crippen MR) is 116 cm³/mol.